The molecule has 1 heterocycles. The van der Waals surface area contributed by atoms with Crippen LogP contribution in [-0.4, -0.2) is 9.97 Å². The predicted molar refractivity (Wildman–Crippen MR) is 115 cm³/mol. The van der Waals surface area contributed by atoms with Crippen LogP contribution in [0.15, 0.2) is 75.1 Å². The van der Waals surface area contributed by atoms with E-state index in [0.717, 1.165) is 11.1 Å². The van der Waals surface area contributed by atoms with Crippen molar-refractivity contribution in [1.82, 2.24) is 9.97 Å². The molecule has 0 spiro atoms. The maximum atomic E-state index is 5.91. The first-order chi connectivity index (χ1) is 13.9. The number of azo groups is 2. The van der Waals surface area contributed by atoms with Gasteiger partial charge in [0.15, 0.2) is 11.6 Å². The zero-order valence-corrected chi connectivity index (χ0v) is 17.4. The van der Waals surface area contributed by atoms with Gasteiger partial charge in [0.1, 0.15) is 0 Å². The van der Waals surface area contributed by atoms with Gasteiger partial charge in [-0.25, -0.2) is 0 Å². The number of aromatic nitrogens is 2. The van der Waals surface area contributed by atoms with Crippen LogP contribution in [0.4, 0.5) is 17.6 Å². The zero-order valence-electron chi connectivity index (χ0n) is 15.9. The summed E-state index contributed by atoms with van der Waals surface area (Å²) >= 11 is 11.8. The summed E-state index contributed by atoms with van der Waals surface area (Å²) in [5.74, 6) is 0.673. The molecule has 0 saturated heterocycles. The molecule has 2 atom stereocenters. The summed E-state index contributed by atoms with van der Waals surface area (Å²) < 4.78 is 0. The molecule has 29 heavy (non-hydrogen) atoms. The Hall–Kier alpha value is -2.90. The molecule has 0 fully saturated rings. The van der Waals surface area contributed by atoms with Crippen LogP contribution < -0.4 is 5.73 Å². The Morgan fingerprint density at radius 3 is 1.48 bits per heavy atom. The molecule has 148 valence electrons. The van der Waals surface area contributed by atoms with Crippen molar-refractivity contribution in [3.63, 3.8) is 0 Å². The van der Waals surface area contributed by atoms with Crippen molar-refractivity contribution in [3.8, 4) is 0 Å². The molecule has 0 saturated carbocycles. The molecule has 3 aromatic rings. The van der Waals surface area contributed by atoms with Crippen molar-refractivity contribution < 1.29 is 0 Å². The van der Waals surface area contributed by atoms with Crippen molar-refractivity contribution in [2.45, 2.75) is 25.9 Å². The summed E-state index contributed by atoms with van der Waals surface area (Å²) in [4.78, 5) is 8.15. The fourth-order valence-electron chi connectivity index (χ4n) is 2.45. The number of anilines is 1. The number of nitrogens with zero attached hydrogens (tertiary/aromatic N) is 6. The molecule has 0 aliphatic carbocycles. The molecule has 7 nitrogen and oxygen atoms in total. The van der Waals surface area contributed by atoms with E-state index in [-0.39, 0.29) is 18.0 Å². The predicted octanol–water partition coefficient (Wildman–Crippen LogP) is 7.06. The molecule has 2 unspecified atom stereocenters. The van der Waals surface area contributed by atoms with E-state index < -0.39 is 0 Å². The number of halogens is 2. The van der Waals surface area contributed by atoms with E-state index in [4.69, 9.17) is 28.9 Å². The molecular weight excluding hydrogens is 409 g/mol. The smallest absolute Gasteiger partial charge is 0.224 e. The molecule has 0 bridgehead atoms. The Labute approximate surface area is 178 Å². The maximum Gasteiger partial charge on any atom is 0.224 e. The minimum atomic E-state index is -0.168. The molecular formula is C20H19Cl2N7. The third-order valence-corrected chi connectivity index (χ3v) is 4.59. The van der Waals surface area contributed by atoms with Crippen LogP contribution in [0, 0.1) is 0 Å². The van der Waals surface area contributed by atoms with E-state index in [0.29, 0.717) is 21.7 Å². The number of hydrogen-bond acceptors (Lipinski definition) is 7. The fraction of sp³-hybridized carbons (Fsp3) is 0.200. The third-order valence-electron chi connectivity index (χ3n) is 4.09. The zero-order chi connectivity index (χ0) is 20.8. The molecule has 1 aromatic heterocycles. The normalized spacial score (nSPS) is 13.8. The van der Waals surface area contributed by atoms with E-state index >= 15 is 0 Å². The first-order valence-electron chi connectivity index (χ1n) is 8.88. The fourth-order valence-corrected chi connectivity index (χ4v) is 2.70. The Balaban J connectivity index is 1.73. The standard InChI is InChI=1S/C20H19Cl2N7/c1-12(14-3-7-16(21)8-4-14)26-28-18-11-19(25-20(23)24-18)29-27-13(2)15-5-9-17(22)10-6-15/h3-13H,1-2H3,(H2,23,24,25). The maximum absolute atomic E-state index is 5.91. The van der Waals surface area contributed by atoms with Crippen molar-refractivity contribution in [2.24, 2.45) is 20.5 Å². The van der Waals surface area contributed by atoms with E-state index in [1.54, 1.807) is 6.07 Å². The Morgan fingerprint density at radius 2 is 1.10 bits per heavy atom. The molecule has 0 aliphatic heterocycles. The van der Waals surface area contributed by atoms with Crippen molar-refractivity contribution in [1.29, 1.82) is 0 Å². The van der Waals surface area contributed by atoms with Crippen LogP contribution in [0.3, 0.4) is 0 Å². The molecule has 0 aliphatic rings. The summed E-state index contributed by atoms with van der Waals surface area (Å²) in [7, 11) is 0. The highest BCUT2D eigenvalue weighted by atomic mass is 35.5. The third kappa shape index (κ3) is 6.04. The van der Waals surface area contributed by atoms with E-state index in [9.17, 15) is 0 Å². The van der Waals surface area contributed by atoms with Gasteiger partial charge < -0.3 is 5.73 Å². The van der Waals surface area contributed by atoms with Gasteiger partial charge in [0, 0.05) is 16.1 Å². The second kappa shape index (κ2) is 9.54. The van der Waals surface area contributed by atoms with Crippen LogP contribution in [0.1, 0.15) is 37.1 Å². The lowest BCUT2D eigenvalue weighted by Crippen LogP contribution is -1.94. The number of rotatable bonds is 6. The Morgan fingerprint density at radius 1 is 0.724 bits per heavy atom. The van der Waals surface area contributed by atoms with Gasteiger partial charge in [-0.3, -0.25) is 0 Å². The van der Waals surface area contributed by atoms with Crippen molar-refractivity contribution >= 4 is 40.8 Å². The summed E-state index contributed by atoms with van der Waals surface area (Å²) in [6.45, 7) is 3.84. The number of nitrogen functional groups attached to an aromatic ring is 1. The van der Waals surface area contributed by atoms with E-state index in [2.05, 4.69) is 30.4 Å². The molecule has 9 heteroatoms. The van der Waals surface area contributed by atoms with Gasteiger partial charge in [0.05, 0.1) is 12.1 Å². The van der Waals surface area contributed by atoms with Crippen LogP contribution in [0.2, 0.25) is 10.0 Å². The molecule has 2 aromatic carbocycles. The molecule has 0 radical (unpaired) electrons. The van der Waals surface area contributed by atoms with Gasteiger partial charge in [0.2, 0.25) is 5.95 Å². The summed E-state index contributed by atoms with van der Waals surface area (Å²) in [6, 6.07) is 16.1. The summed E-state index contributed by atoms with van der Waals surface area (Å²) in [5.41, 5.74) is 7.74. The van der Waals surface area contributed by atoms with Crippen molar-refractivity contribution in [3.05, 3.63) is 75.8 Å². The molecule has 0 amide bonds. The summed E-state index contributed by atoms with van der Waals surface area (Å²) in [6.07, 6.45) is 0. The first-order valence-corrected chi connectivity index (χ1v) is 9.63. The first kappa shape index (κ1) is 20.8. The monoisotopic (exact) mass is 427 g/mol. The average molecular weight is 428 g/mol. The van der Waals surface area contributed by atoms with Crippen LogP contribution >= 0.6 is 23.2 Å². The van der Waals surface area contributed by atoms with Crippen LogP contribution in [0.25, 0.3) is 0 Å². The van der Waals surface area contributed by atoms with Gasteiger partial charge in [-0.15, -0.1) is 10.2 Å². The van der Waals surface area contributed by atoms with Gasteiger partial charge in [0.25, 0.3) is 0 Å². The highest BCUT2D eigenvalue weighted by molar-refractivity contribution is 6.30. The molecule has 2 N–H and O–H groups in total. The van der Waals surface area contributed by atoms with Gasteiger partial charge in [-0.2, -0.15) is 20.2 Å². The lowest BCUT2D eigenvalue weighted by atomic mass is 10.1. The van der Waals surface area contributed by atoms with Crippen LogP contribution in [0.5, 0.6) is 0 Å². The van der Waals surface area contributed by atoms with Gasteiger partial charge >= 0.3 is 0 Å². The Bertz CT molecular complexity index is 938. The van der Waals surface area contributed by atoms with Gasteiger partial charge in [-0.1, -0.05) is 47.5 Å². The highest BCUT2D eigenvalue weighted by Gasteiger charge is 2.07. The minimum Gasteiger partial charge on any atom is -0.368 e. The van der Waals surface area contributed by atoms with E-state index in [1.165, 1.54) is 0 Å². The average Bonchev–Trinajstić information content (AvgIpc) is 2.71. The largest absolute Gasteiger partial charge is 0.368 e. The molecule has 3 rings (SSSR count). The van der Waals surface area contributed by atoms with Gasteiger partial charge in [-0.05, 0) is 49.2 Å². The minimum absolute atomic E-state index is 0.0497. The van der Waals surface area contributed by atoms with E-state index in [1.807, 2.05) is 62.4 Å². The lowest BCUT2D eigenvalue weighted by Gasteiger charge is -2.06. The Kier molecular flexibility index (Phi) is 6.85. The second-order valence-electron chi connectivity index (χ2n) is 6.33. The quantitative estimate of drug-likeness (QED) is 0.425. The number of benzene rings is 2. The van der Waals surface area contributed by atoms with Crippen molar-refractivity contribution in [2.75, 3.05) is 5.73 Å². The lowest BCUT2D eigenvalue weighted by molar-refractivity contribution is 0.755. The topological polar surface area (TPSA) is 101 Å². The van der Waals surface area contributed by atoms with Crippen LogP contribution in [-0.2, 0) is 0 Å². The second-order valence-corrected chi connectivity index (χ2v) is 7.20. The number of hydrogen-bond donors (Lipinski definition) is 1. The number of nitrogens with two attached hydrogens (primary N) is 1. The SMILES string of the molecule is CC(N=Nc1cc(N=NC(C)c2ccc(Cl)cc2)nc(N)n1)c1ccc(Cl)cc1. The summed E-state index contributed by atoms with van der Waals surface area (Å²) in [5, 5.41) is 18.2. The highest BCUT2D eigenvalue weighted by Crippen LogP contribution is 2.25.